The second-order valence-electron chi connectivity index (χ2n) is 5.67. The van der Waals surface area contributed by atoms with Crippen LogP contribution in [0.1, 0.15) is 39.0 Å². The maximum Gasteiger partial charge on any atom is 0.249 e. The fourth-order valence-electron chi connectivity index (χ4n) is 2.20. The molecule has 0 aliphatic carbocycles. The third-order valence-electron chi connectivity index (χ3n) is 3.94. The normalized spacial score (nSPS) is 26.4. The molecule has 4 nitrogen and oxygen atoms in total. The fourth-order valence-corrected chi connectivity index (χ4v) is 2.89. The Morgan fingerprint density at radius 2 is 2.00 bits per heavy atom. The minimum Gasteiger partial charge on any atom is -0.340 e. The van der Waals surface area contributed by atoms with Crippen molar-refractivity contribution in [1.82, 2.24) is 10.2 Å². The summed E-state index contributed by atoms with van der Waals surface area (Å²) in [4.78, 5) is 27.7. The number of amides is 2. The highest BCUT2D eigenvalue weighted by molar-refractivity contribution is 7.09. The van der Waals surface area contributed by atoms with Gasteiger partial charge in [0, 0.05) is 4.88 Å². The molecule has 1 fully saturated rings. The lowest BCUT2D eigenvalue weighted by molar-refractivity contribution is -0.161. The Balaban J connectivity index is 2.35. The Morgan fingerprint density at radius 3 is 2.53 bits per heavy atom. The highest BCUT2D eigenvalue weighted by Gasteiger charge is 2.51. The van der Waals surface area contributed by atoms with Gasteiger partial charge < -0.3 is 10.2 Å². The molecule has 1 unspecified atom stereocenters. The smallest absolute Gasteiger partial charge is 0.249 e. The van der Waals surface area contributed by atoms with Gasteiger partial charge in [-0.1, -0.05) is 13.0 Å². The largest absolute Gasteiger partial charge is 0.340 e. The van der Waals surface area contributed by atoms with Crippen LogP contribution in [0.5, 0.6) is 0 Å². The number of hydrogen-bond donors (Lipinski definition) is 1. The molecule has 5 heteroatoms. The SMILES string of the molecule is CCC1(C)NC(=O)C(C)(C)N(Cc2cccs2)C1=O. The van der Waals surface area contributed by atoms with Crippen molar-refractivity contribution in [3.05, 3.63) is 22.4 Å². The fraction of sp³-hybridized carbons (Fsp3) is 0.571. The van der Waals surface area contributed by atoms with Crippen LogP contribution in [0.25, 0.3) is 0 Å². The number of piperazine rings is 1. The van der Waals surface area contributed by atoms with E-state index >= 15 is 0 Å². The van der Waals surface area contributed by atoms with Gasteiger partial charge in [-0.2, -0.15) is 0 Å². The molecule has 0 spiro atoms. The van der Waals surface area contributed by atoms with Crippen molar-refractivity contribution in [3.63, 3.8) is 0 Å². The van der Waals surface area contributed by atoms with E-state index in [-0.39, 0.29) is 11.8 Å². The molecule has 1 aromatic rings. The van der Waals surface area contributed by atoms with Gasteiger partial charge in [0.1, 0.15) is 11.1 Å². The van der Waals surface area contributed by atoms with Crippen LogP contribution in [-0.2, 0) is 16.1 Å². The molecular formula is C14H20N2O2S. The van der Waals surface area contributed by atoms with E-state index < -0.39 is 11.1 Å². The minimum atomic E-state index is -0.810. The average Bonchev–Trinajstić information content (AvgIpc) is 2.86. The molecular weight excluding hydrogens is 260 g/mol. The molecule has 1 atom stereocenters. The monoisotopic (exact) mass is 280 g/mol. The molecule has 2 amide bonds. The van der Waals surface area contributed by atoms with E-state index in [2.05, 4.69) is 5.32 Å². The summed E-state index contributed by atoms with van der Waals surface area (Å²) < 4.78 is 0. The first kappa shape index (κ1) is 14.1. The second kappa shape index (κ2) is 4.63. The van der Waals surface area contributed by atoms with Crippen molar-refractivity contribution in [1.29, 1.82) is 0 Å². The number of carbonyl (C=O) groups excluding carboxylic acids is 2. The topological polar surface area (TPSA) is 49.4 Å². The van der Waals surface area contributed by atoms with Gasteiger partial charge in [0.2, 0.25) is 11.8 Å². The van der Waals surface area contributed by atoms with E-state index in [1.165, 1.54) is 0 Å². The van der Waals surface area contributed by atoms with Gasteiger partial charge in [-0.3, -0.25) is 9.59 Å². The molecule has 1 aliphatic heterocycles. The molecule has 2 heterocycles. The van der Waals surface area contributed by atoms with Crippen molar-refractivity contribution in [2.45, 2.75) is 51.7 Å². The Labute approximate surface area is 117 Å². The highest BCUT2D eigenvalue weighted by Crippen LogP contribution is 2.30. The molecule has 0 radical (unpaired) electrons. The zero-order chi connectivity index (χ0) is 14.3. The lowest BCUT2D eigenvalue weighted by atomic mass is 9.86. The number of carbonyl (C=O) groups is 2. The molecule has 1 aromatic heterocycles. The zero-order valence-corrected chi connectivity index (χ0v) is 12.6. The molecule has 1 N–H and O–H groups in total. The molecule has 1 saturated heterocycles. The highest BCUT2D eigenvalue weighted by atomic mass is 32.1. The Kier molecular flexibility index (Phi) is 3.43. The van der Waals surface area contributed by atoms with Crippen LogP contribution in [0.4, 0.5) is 0 Å². The maximum absolute atomic E-state index is 12.7. The molecule has 0 bridgehead atoms. The van der Waals surface area contributed by atoms with Crippen molar-refractivity contribution >= 4 is 23.2 Å². The van der Waals surface area contributed by atoms with E-state index in [1.807, 2.05) is 24.4 Å². The number of rotatable bonds is 3. The Morgan fingerprint density at radius 1 is 1.32 bits per heavy atom. The standard InChI is InChI=1S/C14H20N2O2S/c1-5-14(4)12(18)16(9-10-7-6-8-19-10)13(2,3)11(17)15-14/h6-8H,5,9H2,1-4H3,(H,15,17). The van der Waals surface area contributed by atoms with Crippen LogP contribution in [-0.4, -0.2) is 27.8 Å². The minimum absolute atomic E-state index is 0.00648. The maximum atomic E-state index is 12.7. The van der Waals surface area contributed by atoms with E-state index in [1.54, 1.807) is 37.0 Å². The summed E-state index contributed by atoms with van der Waals surface area (Å²) in [6.07, 6.45) is 0.592. The van der Waals surface area contributed by atoms with Gasteiger partial charge >= 0.3 is 0 Å². The molecule has 104 valence electrons. The van der Waals surface area contributed by atoms with Gasteiger partial charge in [-0.05, 0) is 38.6 Å². The first-order chi connectivity index (χ1) is 8.81. The lowest BCUT2D eigenvalue weighted by Gasteiger charge is -2.48. The van der Waals surface area contributed by atoms with Gasteiger partial charge in [0.05, 0.1) is 6.54 Å². The van der Waals surface area contributed by atoms with Gasteiger partial charge in [-0.25, -0.2) is 0 Å². The van der Waals surface area contributed by atoms with Crippen LogP contribution >= 0.6 is 11.3 Å². The number of hydrogen-bond acceptors (Lipinski definition) is 3. The molecule has 0 aromatic carbocycles. The quantitative estimate of drug-likeness (QED) is 0.922. The predicted molar refractivity (Wildman–Crippen MR) is 75.8 cm³/mol. The van der Waals surface area contributed by atoms with Crippen LogP contribution in [0.2, 0.25) is 0 Å². The summed E-state index contributed by atoms with van der Waals surface area (Å²) in [7, 11) is 0. The van der Waals surface area contributed by atoms with E-state index in [9.17, 15) is 9.59 Å². The van der Waals surface area contributed by atoms with Crippen LogP contribution in [0.15, 0.2) is 17.5 Å². The zero-order valence-electron chi connectivity index (χ0n) is 11.8. The van der Waals surface area contributed by atoms with Gasteiger partial charge in [0.15, 0.2) is 0 Å². The van der Waals surface area contributed by atoms with E-state index in [0.717, 1.165) is 4.88 Å². The number of nitrogens with one attached hydrogen (secondary N) is 1. The van der Waals surface area contributed by atoms with Crippen LogP contribution in [0, 0.1) is 0 Å². The summed E-state index contributed by atoms with van der Waals surface area (Å²) in [5.74, 6) is -0.0963. The summed E-state index contributed by atoms with van der Waals surface area (Å²) in [6, 6.07) is 3.95. The van der Waals surface area contributed by atoms with Gasteiger partial charge in [-0.15, -0.1) is 11.3 Å². The van der Waals surface area contributed by atoms with Crippen molar-refractivity contribution in [3.8, 4) is 0 Å². The summed E-state index contributed by atoms with van der Waals surface area (Å²) in [5, 5.41) is 4.85. The summed E-state index contributed by atoms with van der Waals surface area (Å²) >= 11 is 1.60. The average molecular weight is 280 g/mol. The second-order valence-corrected chi connectivity index (χ2v) is 6.70. The van der Waals surface area contributed by atoms with Crippen LogP contribution in [0.3, 0.4) is 0 Å². The lowest BCUT2D eigenvalue weighted by Crippen LogP contribution is -2.72. The van der Waals surface area contributed by atoms with Crippen molar-refractivity contribution in [2.75, 3.05) is 0 Å². The number of thiophene rings is 1. The summed E-state index contributed by atoms with van der Waals surface area (Å²) in [6.45, 7) is 7.79. The van der Waals surface area contributed by atoms with Gasteiger partial charge in [0.25, 0.3) is 0 Å². The molecule has 1 aliphatic rings. The van der Waals surface area contributed by atoms with E-state index in [4.69, 9.17) is 0 Å². The number of nitrogens with zero attached hydrogens (tertiary/aromatic N) is 1. The Bertz CT molecular complexity index is 496. The van der Waals surface area contributed by atoms with E-state index in [0.29, 0.717) is 13.0 Å². The van der Waals surface area contributed by atoms with Crippen molar-refractivity contribution in [2.24, 2.45) is 0 Å². The summed E-state index contributed by atoms with van der Waals surface area (Å²) in [5.41, 5.74) is -1.60. The first-order valence-electron chi connectivity index (χ1n) is 6.48. The Hall–Kier alpha value is -1.36. The van der Waals surface area contributed by atoms with Crippen molar-refractivity contribution < 1.29 is 9.59 Å². The third kappa shape index (κ3) is 2.27. The first-order valence-corrected chi connectivity index (χ1v) is 7.36. The molecule has 19 heavy (non-hydrogen) atoms. The predicted octanol–water partition coefficient (Wildman–Crippen LogP) is 2.15. The van der Waals surface area contributed by atoms with Crippen LogP contribution < -0.4 is 5.32 Å². The molecule has 0 saturated carbocycles. The third-order valence-corrected chi connectivity index (χ3v) is 4.80. The molecule has 2 rings (SSSR count).